The molecular weight excluding hydrogens is 268 g/mol. The highest BCUT2D eigenvalue weighted by Crippen LogP contribution is 2.26. The Morgan fingerprint density at radius 2 is 1.95 bits per heavy atom. The van der Waals surface area contributed by atoms with Crippen LogP contribution < -0.4 is 11.1 Å². The maximum Gasteiger partial charge on any atom is 0.241 e. The van der Waals surface area contributed by atoms with Gasteiger partial charge >= 0.3 is 0 Å². The van der Waals surface area contributed by atoms with E-state index in [9.17, 15) is 18.3 Å². The summed E-state index contributed by atoms with van der Waals surface area (Å²) in [6, 6.07) is 2.95. The number of phenolic OH excluding ortho intramolecular Hbond substituents is 1. The summed E-state index contributed by atoms with van der Waals surface area (Å²) < 4.78 is 22.8. The number of rotatable bonds is 4. The lowest BCUT2D eigenvalue weighted by Crippen LogP contribution is -2.39. The Bertz CT molecular complexity index is 581. The number of amides is 1. The van der Waals surface area contributed by atoms with Crippen molar-refractivity contribution < 1.29 is 18.3 Å². The fraction of sp³-hybridized carbons (Fsp3) is 0.417. The average Bonchev–Trinajstić information content (AvgIpc) is 2.29. The summed E-state index contributed by atoms with van der Waals surface area (Å²) in [7, 11) is -3.41. The quantitative estimate of drug-likeness (QED) is 0.706. The Hall–Kier alpha value is -1.60. The van der Waals surface area contributed by atoms with Gasteiger partial charge in [-0.3, -0.25) is 4.79 Å². The van der Waals surface area contributed by atoms with Gasteiger partial charge in [0.2, 0.25) is 5.91 Å². The number of hydrogen-bond acceptors (Lipinski definition) is 5. The van der Waals surface area contributed by atoms with Gasteiger partial charge < -0.3 is 16.2 Å². The van der Waals surface area contributed by atoms with Crippen molar-refractivity contribution in [3.8, 4) is 5.75 Å². The minimum Gasteiger partial charge on any atom is -0.506 e. The minimum atomic E-state index is -3.41. The third-order valence-corrected chi connectivity index (χ3v) is 3.79. The summed E-state index contributed by atoms with van der Waals surface area (Å²) in [6.07, 6.45) is 1.05. The van der Waals surface area contributed by atoms with Crippen LogP contribution in [-0.2, 0) is 14.6 Å². The van der Waals surface area contributed by atoms with Gasteiger partial charge in [-0.2, -0.15) is 0 Å². The summed E-state index contributed by atoms with van der Waals surface area (Å²) in [4.78, 5) is 11.8. The Labute approximate surface area is 112 Å². The van der Waals surface area contributed by atoms with Gasteiger partial charge in [0.15, 0.2) is 9.84 Å². The number of carbonyl (C=O) groups excluding carboxylic acids is 1. The summed E-state index contributed by atoms with van der Waals surface area (Å²) in [5.74, 6) is -0.757. The lowest BCUT2D eigenvalue weighted by Gasteiger charge is -2.16. The molecule has 1 amide bonds. The molecule has 1 rings (SSSR count). The van der Waals surface area contributed by atoms with Crippen LogP contribution in [0.15, 0.2) is 23.1 Å². The number of anilines is 1. The highest BCUT2D eigenvalue weighted by molar-refractivity contribution is 7.90. The van der Waals surface area contributed by atoms with Crippen molar-refractivity contribution in [1.82, 2.24) is 0 Å². The van der Waals surface area contributed by atoms with Gasteiger partial charge in [0.25, 0.3) is 0 Å². The summed E-state index contributed by atoms with van der Waals surface area (Å²) >= 11 is 0. The summed E-state index contributed by atoms with van der Waals surface area (Å²) in [6.45, 7) is 3.58. The number of hydrogen-bond donors (Lipinski definition) is 3. The fourth-order valence-electron chi connectivity index (χ4n) is 1.36. The summed E-state index contributed by atoms with van der Waals surface area (Å²) in [5, 5.41) is 12.0. The molecule has 6 nitrogen and oxygen atoms in total. The standard InChI is InChI=1S/C12H18N2O4S/c1-7(2)11(13)12(16)14-9-6-8(19(3,17)18)4-5-10(9)15/h4-7,11,15H,13H2,1-3H3,(H,14,16)/t11-/m0/s1. The molecule has 0 radical (unpaired) electrons. The van der Waals surface area contributed by atoms with Gasteiger partial charge in [-0.15, -0.1) is 0 Å². The topological polar surface area (TPSA) is 109 Å². The van der Waals surface area contributed by atoms with E-state index in [0.29, 0.717) is 0 Å². The van der Waals surface area contributed by atoms with E-state index in [1.807, 2.05) is 0 Å². The highest BCUT2D eigenvalue weighted by atomic mass is 32.2. The molecule has 0 fully saturated rings. The number of carbonyl (C=O) groups is 1. The first kappa shape index (κ1) is 15.5. The van der Waals surface area contributed by atoms with E-state index in [1.54, 1.807) is 13.8 Å². The molecule has 1 aromatic rings. The number of sulfone groups is 1. The van der Waals surface area contributed by atoms with Gasteiger partial charge in [-0.25, -0.2) is 8.42 Å². The highest BCUT2D eigenvalue weighted by Gasteiger charge is 2.19. The molecule has 19 heavy (non-hydrogen) atoms. The molecule has 0 aliphatic carbocycles. The third kappa shape index (κ3) is 3.93. The van der Waals surface area contributed by atoms with Crippen molar-refractivity contribution in [3.63, 3.8) is 0 Å². The molecule has 1 aromatic carbocycles. The largest absolute Gasteiger partial charge is 0.506 e. The average molecular weight is 286 g/mol. The number of aromatic hydroxyl groups is 1. The molecule has 7 heteroatoms. The van der Waals surface area contributed by atoms with E-state index in [0.717, 1.165) is 6.26 Å². The van der Waals surface area contributed by atoms with Crippen molar-refractivity contribution >= 4 is 21.4 Å². The molecule has 0 saturated carbocycles. The van der Waals surface area contributed by atoms with Crippen molar-refractivity contribution in [3.05, 3.63) is 18.2 Å². The molecule has 0 spiro atoms. The third-order valence-electron chi connectivity index (χ3n) is 2.68. The zero-order valence-corrected chi connectivity index (χ0v) is 11.9. The van der Waals surface area contributed by atoms with Gasteiger partial charge in [0.1, 0.15) is 5.75 Å². The van der Waals surface area contributed by atoms with Gasteiger partial charge in [0.05, 0.1) is 16.6 Å². The lowest BCUT2D eigenvalue weighted by atomic mass is 10.0. The summed E-state index contributed by atoms with van der Waals surface area (Å²) in [5.41, 5.74) is 5.70. The second-order valence-corrected chi connectivity index (χ2v) is 6.73. The van der Waals surface area contributed by atoms with Crippen molar-refractivity contribution in [2.24, 2.45) is 11.7 Å². The van der Waals surface area contributed by atoms with Crippen LogP contribution in [0.1, 0.15) is 13.8 Å². The van der Waals surface area contributed by atoms with Crippen LogP contribution in [0.3, 0.4) is 0 Å². The van der Waals surface area contributed by atoms with Crippen molar-refractivity contribution in [2.75, 3.05) is 11.6 Å². The predicted molar refractivity (Wildman–Crippen MR) is 72.7 cm³/mol. The second kappa shape index (κ2) is 5.58. The Balaban J connectivity index is 3.05. The van der Waals surface area contributed by atoms with Crippen LogP contribution in [-0.4, -0.2) is 31.7 Å². The molecule has 0 unspecified atom stereocenters. The molecule has 0 bridgehead atoms. The van der Waals surface area contributed by atoms with Crippen LogP contribution in [0, 0.1) is 5.92 Å². The zero-order chi connectivity index (χ0) is 14.8. The van der Waals surface area contributed by atoms with Crippen LogP contribution in [0.2, 0.25) is 0 Å². The second-order valence-electron chi connectivity index (χ2n) is 4.71. The molecule has 0 aliphatic heterocycles. The van der Waals surface area contributed by atoms with Crippen molar-refractivity contribution in [2.45, 2.75) is 24.8 Å². The van der Waals surface area contributed by atoms with Crippen LogP contribution >= 0.6 is 0 Å². The molecule has 1 atom stereocenters. The smallest absolute Gasteiger partial charge is 0.241 e. The van der Waals surface area contributed by atoms with E-state index < -0.39 is 21.8 Å². The number of phenols is 1. The fourth-order valence-corrected chi connectivity index (χ4v) is 2.01. The van der Waals surface area contributed by atoms with E-state index in [1.165, 1.54) is 18.2 Å². The van der Waals surface area contributed by atoms with E-state index in [4.69, 9.17) is 5.73 Å². The molecule has 0 saturated heterocycles. The molecule has 0 aromatic heterocycles. The molecular formula is C12H18N2O4S. The van der Waals surface area contributed by atoms with Crippen molar-refractivity contribution in [1.29, 1.82) is 0 Å². The van der Waals surface area contributed by atoms with Crippen LogP contribution in [0.5, 0.6) is 5.75 Å². The lowest BCUT2D eigenvalue weighted by molar-refractivity contribution is -0.118. The van der Waals surface area contributed by atoms with Gasteiger partial charge in [-0.05, 0) is 24.1 Å². The maximum atomic E-state index is 11.8. The molecule has 106 valence electrons. The maximum absolute atomic E-state index is 11.8. The number of benzene rings is 1. The van der Waals surface area contributed by atoms with E-state index in [-0.39, 0.29) is 22.3 Å². The van der Waals surface area contributed by atoms with Crippen LogP contribution in [0.4, 0.5) is 5.69 Å². The zero-order valence-electron chi connectivity index (χ0n) is 11.0. The van der Waals surface area contributed by atoms with Gasteiger partial charge in [-0.1, -0.05) is 13.8 Å². The minimum absolute atomic E-state index is 0.0127. The first-order valence-corrected chi connectivity index (χ1v) is 7.61. The number of nitrogens with two attached hydrogens (primary N) is 1. The molecule has 4 N–H and O–H groups in total. The van der Waals surface area contributed by atoms with E-state index >= 15 is 0 Å². The SMILES string of the molecule is CC(C)[C@H](N)C(=O)Nc1cc(S(C)(=O)=O)ccc1O. The van der Waals surface area contributed by atoms with E-state index in [2.05, 4.69) is 5.32 Å². The monoisotopic (exact) mass is 286 g/mol. The Morgan fingerprint density at radius 3 is 2.42 bits per heavy atom. The normalized spacial score (nSPS) is 13.3. The Morgan fingerprint density at radius 1 is 1.37 bits per heavy atom. The number of nitrogens with one attached hydrogen (secondary N) is 1. The molecule has 0 heterocycles. The first-order valence-electron chi connectivity index (χ1n) is 5.72. The first-order chi connectivity index (χ1) is 8.62. The predicted octanol–water partition coefficient (Wildman–Crippen LogP) is 0.717. The Kier molecular flexibility index (Phi) is 4.54. The molecule has 0 aliphatic rings. The van der Waals surface area contributed by atoms with Crippen LogP contribution in [0.25, 0.3) is 0 Å². The van der Waals surface area contributed by atoms with Gasteiger partial charge in [0, 0.05) is 6.26 Å².